The predicted molar refractivity (Wildman–Crippen MR) is 80.9 cm³/mol. The summed E-state index contributed by atoms with van der Waals surface area (Å²) in [4.78, 5) is 11.7. The average Bonchev–Trinajstić information content (AvgIpc) is 2.43. The molecule has 0 saturated carbocycles. The van der Waals surface area contributed by atoms with Crippen LogP contribution >= 0.6 is 15.9 Å². The molecule has 20 heavy (non-hydrogen) atoms. The largest absolute Gasteiger partial charge is 0.325 e. The van der Waals surface area contributed by atoms with E-state index >= 15 is 0 Å². The summed E-state index contributed by atoms with van der Waals surface area (Å²) in [5, 5.41) is 5.75. The molecular formula is C15H14BrFN2O. The number of carbonyl (C=O) groups is 1. The van der Waals surface area contributed by atoms with Crippen molar-refractivity contribution in [3.63, 3.8) is 0 Å². The molecule has 0 radical (unpaired) electrons. The molecule has 0 atom stereocenters. The fraction of sp³-hybridized carbons (Fsp3) is 0.133. The lowest BCUT2D eigenvalue weighted by molar-refractivity contribution is -0.115. The molecule has 0 fully saturated rings. The highest BCUT2D eigenvalue weighted by Gasteiger charge is 2.03. The van der Waals surface area contributed by atoms with Crippen LogP contribution in [0.2, 0.25) is 0 Å². The molecule has 2 aromatic rings. The topological polar surface area (TPSA) is 41.1 Å². The third kappa shape index (κ3) is 4.43. The Labute approximate surface area is 125 Å². The Morgan fingerprint density at radius 3 is 2.50 bits per heavy atom. The van der Waals surface area contributed by atoms with Crippen molar-refractivity contribution in [1.82, 2.24) is 5.32 Å². The van der Waals surface area contributed by atoms with E-state index in [9.17, 15) is 9.18 Å². The van der Waals surface area contributed by atoms with Gasteiger partial charge in [0.05, 0.1) is 6.54 Å². The van der Waals surface area contributed by atoms with Gasteiger partial charge in [0.2, 0.25) is 5.91 Å². The molecule has 0 unspecified atom stereocenters. The molecule has 2 aromatic carbocycles. The van der Waals surface area contributed by atoms with Crippen LogP contribution < -0.4 is 10.6 Å². The number of halogens is 2. The summed E-state index contributed by atoms with van der Waals surface area (Å²) in [5.41, 5.74) is 1.67. The maximum absolute atomic E-state index is 12.7. The van der Waals surface area contributed by atoms with Gasteiger partial charge in [-0.1, -0.05) is 34.1 Å². The molecule has 5 heteroatoms. The predicted octanol–water partition coefficient (Wildman–Crippen LogP) is 3.32. The monoisotopic (exact) mass is 336 g/mol. The number of anilines is 1. The Morgan fingerprint density at radius 1 is 1.10 bits per heavy atom. The van der Waals surface area contributed by atoms with E-state index < -0.39 is 0 Å². The lowest BCUT2D eigenvalue weighted by Crippen LogP contribution is -2.27. The van der Waals surface area contributed by atoms with E-state index in [1.165, 1.54) is 24.3 Å². The Hall–Kier alpha value is -1.72. The zero-order valence-electron chi connectivity index (χ0n) is 10.7. The van der Waals surface area contributed by atoms with E-state index in [0.717, 1.165) is 10.0 Å². The van der Waals surface area contributed by atoms with Crippen LogP contribution in [0.3, 0.4) is 0 Å². The SMILES string of the molecule is O=C(CNCc1ccccc1Br)Nc1ccc(F)cc1. The zero-order chi connectivity index (χ0) is 14.4. The molecule has 3 nitrogen and oxygen atoms in total. The van der Waals surface area contributed by atoms with E-state index in [4.69, 9.17) is 0 Å². The average molecular weight is 337 g/mol. The highest BCUT2D eigenvalue weighted by atomic mass is 79.9. The summed E-state index contributed by atoms with van der Waals surface area (Å²) in [7, 11) is 0. The Balaban J connectivity index is 1.78. The first-order valence-corrected chi connectivity index (χ1v) is 6.94. The molecule has 2 N–H and O–H groups in total. The smallest absolute Gasteiger partial charge is 0.238 e. The molecular weight excluding hydrogens is 323 g/mol. The first kappa shape index (κ1) is 14.7. The molecule has 0 heterocycles. The van der Waals surface area contributed by atoms with Crippen LogP contribution in [-0.4, -0.2) is 12.5 Å². The quantitative estimate of drug-likeness (QED) is 0.879. The van der Waals surface area contributed by atoms with Crippen LogP contribution in [0.15, 0.2) is 53.0 Å². The van der Waals surface area contributed by atoms with Gasteiger partial charge in [-0.05, 0) is 35.9 Å². The van der Waals surface area contributed by atoms with Crippen LogP contribution in [-0.2, 0) is 11.3 Å². The van der Waals surface area contributed by atoms with Gasteiger partial charge in [-0.15, -0.1) is 0 Å². The molecule has 0 bridgehead atoms. The van der Waals surface area contributed by atoms with Crippen molar-refractivity contribution in [2.75, 3.05) is 11.9 Å². The van der Waals surface area contributed by atoms with Gasteiger partial charge in [-0.2, -0.15) is 0 Å². The summed E-state index contributed by atoms with van der Waals surface area (Å²) in [6.45, 7) is 0.789. The van der Waals surface area contributed by atoms with Crippen molar-refractivity contribution in [2.24, 2.45) is 0 Å². The van der Waals surface area contributed by atoms with E-state index in [2.05, 4.69) is 26.6 Å². The van der Waals surface area contributed by atoms with E-state index in [-0.39, 0.29) is 18.3 Å². The summed E-state index contributed by atoms with van der Waals surface area (Å²) >= 11 is 3.45. The molecule has 0 aliphatic rings. The van der Waals surface area contributed by atoms with Crippen LogP contribution in [0.25, 0.3) is 0 Å². The second-order valence-electron chi connectivity index (χ2n) is 4.25. The number of benzene rings is 2. The van der Waals surface area contributed by atoms with Crippen molar-refractivity contribution < 1.29 is 9.18 Å². The van der Waals surface area contributed by atoms with Gasteiger partial charge in [-0.25, -0.2) is 4.39 Å². The van der Waals surface area contributed by atoms with Gasteiger partial charge >= 0.3 is 0 Å². The second-order valence-corrected chi connectivity index (χ2v) is 5.10. The van der Waals surface area contributed by atoms with Crippen molar-refractivity contribution in [1.29, 1.82) is 0 Å². The van der Waals surface area contributed by atoms with Crippen molar-refractivity contribution >= 4 is 27.5 Å². The molecule has 0 saturated heterocycles. The Bertz CT molecular complexity index is 587. The molecule has 0 aromatic heterocycles. The number of carbonyl (C=O) groups excluding carboxylic acids is 1. The minimum absolute atomic E-state index is 0.163. The number of nitrogens with one attached hydrogen (secondary N) is 2. The van der Waals surface area contributed by atoms with Gasteiger partial charge in [-0.3, -0.25) is 4.79 Å². The van der Waals surface area contributed by atoms with Crippen molar-refractivity contribution in [3.05, 3.63) is 64.4 Å². The Kier molecular flexibility index (Phi) is 5.26. The Morgan fingerprint density at radius 2 is 1.80 bits per heavy atom. The van der Waals surface area contributed by atoms with Gasteiger partial charge in [0.25, 0.3) is 0 Å². The maximum atomic E-state index is 12.7. The van der Waals surface area contributed by atoms with Gasteiger partial charge in [0.1, 0.15) is 5.82 Å². The highest BCUT2D eigenvalue weighted by Crippen LogP contribution is 2.15. The summed E-state index contributed by atoms with van der Waals surface area (Å²) < 4.78 is 13.7. The first-order chi connectivity index (χ1) is 9.65. The van der Waals surface area contributed by atoms with Crippen LogP contribution in [0, 0.1) is 5.82 Å². The van der Waals surface area contributed by atoms with Gasteiger partial charge in [0.15, 0.2) is 0 Å². The lowest BCUT2D eigenvalue weighted by Gasteiger charge is -2.08. The molecule has 1 amide bonds. The normalized spacial score (nSPS) is 10.3. The minimum atomic E-state index is -0.324. The lowest BCUT2D eigenvalue weighted by atomic mass is 10.2. The van der Waals surface area contributed by atoms with E-state index in [0.29, 0.717) is 12.2 Å². The number of hydrogen-bond donors (Lipinski definition) is 2. The molecule has 0 spiro atoms. The first-order valence-electron chi connectivity index (χ1n) is 6.15. The van der Waals surface area contributed by atoms with Crippen LogP contribution in [0.5, 0.6) is 0 Å². The minimum Gasteiger partial charge on any atom is -0.325 e. The molecule has 0 aliphatic carbocycles. The highest BCUT2D eigenvalue weighted by molar-refractivity contribution is 9.10. The van der Waals surface area contributed by atoms with Crippen molar-refractivity contribution in [2.45, 2.75) is 6.54 Å². The fourth-order valence-electron chi connectivity index (χ4n) is 1.69. The van der Waals surface area contributed by atoms with E-state index in [1.54, 1.807) is 0 Å². The van der Waals surface area contributed by atoms with Crippen molar-refractivity contribution in [3.8, 4) is 0 Å². The number of amides is 1. The van der Waals surface area contributed by atoms with E-state index in [1.807, 2.05) is 24.3 Å². The molecule has 104 valence electrons. The van der Waals surface area contributed by atoms with Crippen LogP contribution in [0.1, 0.15) is 5.56 Å². The number of rotatable bonds is 5. The standard InChI is InChI=1S/C15H14BrFN2O/c16-14-4-2-1-3-11(14)9-18-10-15(20)19-13-7-5-12(17)6-8-13/h1-8,18H,9-10H2,(H,19,20). The number of hydrogen-bond acceptors (Lipinski definition) is 2. The third-order valence-corrected chi connectivity index (χ3v) is 3.46. The summed E-state index contributed by atoms with van der Waals surface area (Å²) in [6.07, 6.45) is 0. The summed E-state index contributed by atoms with van der Waals surface area (Å²) in [6, 6.07) is 13.5. The third-order valence-electron chi connectivity index (χ3n) is 2.69. The van der Waals surface area contributed by atoms with Gasteiger partial charge in [0, 0.05) is 16.7 Å². The van der Waals surface area contributed by atoms with Gasteiger partial charge < -0.3 is 10.6 Å². The zero-order valence-corrected chi connectivity index (χ0v) is 12.3. The maximum Gasteiger partial charge on any atom is 0.238 e. The molecule has 0 aliphatic heterocycles. The summed E-state index contributed by atoms with van der Waals surface area (Å²) in [5.74, 6) is -0.487. The second kappa shape index (κ2) is 7.17. The fourth-order valence-corrected chi connectivity index (χ4v) is 2.12. The molecule has 2 rings (SSSR count). The van der Waals surface area contributed by atoms with Crippen LogP contribution in [0.4, 0.5) is 10.1 Å².